The summed E-state index contributed by atoms with van der Waals surface area (Å²) >= 11 is 1.46. The van der Waals surface area contributed by atoms with Gasteiger partial charge in [-0.25, -0.2) is 0 Å². The minimum absolute atomic E-state index is 0.0778. The summed E-state index contributed by atoms with van der Waals surface area (Å²) in [5.74, 6) is -1.02. The molecular weight excluding hydrogens is 304 g/mol. The largest absolute Gasteiger partial charge is 0.361 e. The van der Waals surface area contributed by atoms with Crippen molar-refractivity contribution in [1.29, 1.82) is 0 Å². The molecule has 8 heteroatoms. The highest BCUT2D eigenvalue weighted by Crippen LogP contribution is 2.23. The first-order valence-electron chi connectivity index (χ1n) is 6.59. The smallest absolute Gasteiger partial charge is 0.315 e. The van der Waals surface area contributed by atoms with Gasteiger partial charge < -0.3 is 15.6 Å². The van der Waals surface area contributed by atoms with Crippen LogP contribution >= 0.6 is 11.8 Å². The van der Waals surface area contributed by atoms with Crippen LogP contribution in [-0.4, -0.2) is 27.2 Å². The van der Waals surface area contributed by atoms with E-state index in [0.717, 1.165) is 4.90 Å². The second kappa shape index (κ2) is 7.08. The van der Waals surface area contributed by atoms with Crippen molar-refractivity contribution in [3.8, 4) is 0 Å². The Hall–Kier alpha value is -2.35. The van der Waals surface area contributed by atoms with Crippen LogP contribution in [0.1, 0.15) is 29.0 Å². The van der Waals surface area contributed by atoms with E-state index < -0.39 is 5.91 Å². The highest BCUT2D eigenvalue weighted by Gasteiger charge is 2.16. The maximum Gasteiger partial charge on any atom is 0.315 e. The molecule has 0 fully saturated rings. The Morgan fingerprint density at radius 2 is 2.05 bits per heavy atom. The summed E-state index contributed by atoms with van der Waals surface area (Å²) in [7, 11) is 0. The molecular formula is C14H16N4O3S. The second-order valence-electron chi connectivity index (χ2n) is 4.67. The van der Waals surface area contributed by atoms with Crippen LogP contribution in [-0.2, 0) is 11.3 Å². The van der Waals surface area contributed by atoms with Gasteiger partial charge in [-0.3, -0.25) is 9.59 Å². The van der Waals surface area contributed by atoms with E-state index in [0.29, 0.717) is 0 Å². The number of nitrogens with zero attached hydrogens (tertiary/aromatic N) is 2. The van der Waals surface area contributed by atoms with Crippen molar-refractivity contribution in [2.24, 2.45) is 5.73 Å². The van der Waals surface area contributed by atoms with E-state index in [4.69, 9.17) is 5.73 Å². The first kappa shape index (κ1) is 16.0. The molecule has 1 heterocycles. The zero-order chi connectivity index (χ0) is 16.1. The van der Waals surface area contributed by atoms with Crippen molar-refractivity contribution in [3.63, 3.8) is 0 Å². The summed E-state index contributed by atoms with van der Waals surface area (Å²) in [6, 6.07) is 7.94. The number of amides is 2. The van der Waals surface area contributed by atoms with Gasteiger partial charge in [-0.1, -0.05) is 22.9 Å². The zero-order valence-corrected chi connectivity index (χ0v) is 13.0. The number of carbonyl (C=O) groups is 2. The van der Waals surface area contributed by atoms with Gasteiger partial charge >= 0.3 is 11.8 Å². The van der Waals surface area contributed by atoms with Crippen molar-refractivity contribution in [1.82, 2.24) is 15.5 Å². The molecule has 1 aromatic heterocycles. The molecule has 7 nitrogen and oxygen atoms in total. The normalized spacial score (nSPS) is 11.9. The first-order chi connectivity index (χ1) is 10.5. The van der Waals surface area contributed by atoms with Crippen LogP contribution in [0, 0.1) is 6.92 Å². The van der Waals surface area contributed by atoms with Crippen molar-refractivity contribution in [2.75, 3.05) is 0 Å². The molecule has 0 bridgehead atoms. The fourth-order valence-electron chi connectivity index (χ4n) is 1.61. The summed E-state index contributed by atoms with van der Waals surface area (Å²) in [4.78, 5) is 27.6. The molecule has 2 aromatic rings. The highest BCUT2D eigenvalue weighted by atomic mass is 32.2. The van der Waals surface area contributed by atoms with Gasteiger partial charge in [0.05, 0.1) is 11.8 Å². The van der Waals surface area contributed by atoms with Gasteiger partial charge in [-0.2, -0.15) is 4.98 Å². The fourth-order valence-corrected chi connectivity index (χ4v) is 2.50. The Balaban J connectivity index is 1.85. The Morgan fingerprint density at radius 3 is 2.64 bits per heavy atom. The predicted molar refractivity (Wildman–Crippen MR) is 81.2 cm³/mol. The van der Waals surface area contributed by atoms with Gasteiger partial charge in [0.1, 0.15) is 0 Å². The van der Waals surface area contributed by atoms with Crippen LogP contribution in [0.5, 0.6) is 0 Å². The van der Waals surface area contributed by atoms with Gasteiger partial charge in [0.2, 0.25) is 5.91 Å². The van der Waals surface area contributed by atoms with E-state index in [2.05, 4.69) is 20.0 Å². The number of aryl methyl sites for hydroxylation is 1. The van der Waals surface area contributed by atoms with E-state index in [1.165, 1.54) is 17.3 Å². The van der Waals surface area contributed by atoms with Crippen molar-refractivity contribution in [3.05, 3.63) is 41.5 Å². The molecule has 0 aliphatic rings. The highest BCUT2D eigenvalue weighted by molar-refractivity contribution is 8.00. The molecule has 0 spiro atoms. The molecule has 2 rings (SSSR count). The number of aromatic nitrogens is 2. The van der Waals surface area contributed by atoms with E-state index in [9.17, 15) is 9.59 Å². The Bertz CT molecular complexity index is 669. The van der Waals surface area contributed by atoms with Crippen LogP contribution in [0.3, 0.4) is 0 Å². The lowest BCUT2D eigenvalue weighted by Gasteiger charge is -2.11. The Labute approximate surface area is 131 Å². The molecule has 2 amide bonds. The van der Waals surface area contributed by atoms with Crippen LogP contribution in [0.25, 0.3) is 0 Å². The Morgan fingerprint density at radius 1 is 1.36 bits per heavy atom. The molecule has 3 N–H and O–H groups in total. The molecule has 0 unspecified atom stereocenters. The summed E-state index contributed by atoms with van der Waals surface area (Å²) in [5, 5.41) is 5.97. The van der Waals surface area contributed by atoms with Crippen LogP contribution in [0.2, 0.25) is 0 Å². The number of benzene rings is 1. The molecule has 0 saturated carbocycles. The molecule has 0 aliphatic carbocycles. The lowest BCUT2D eigenvalue weighted by Crippen LogP contribution is -2.30. The van der Waals surface area contributed by atoms with Crippen molar-refractivity contribution < 1.29 is 14.1 Å². The Kier molecular flexibility index (Phi) is 5.16. The molecule has 1 aromatic carbocycles. The number of rotatable bonds is 6. The van der Waals surface area contributed by atoms with Crippen LogP contribution < -0.4 is 11.1 Å². The molecule has 0 radical (unpaired) electrons. The molecule has 22 heavy (non-hydrogen) atoms. The topological polar surface area (TPSA) is 111 Å². The van der Waals surface area contributed by atoms with Gasteiger partial charge in [0.15, 0.2) is 5.82 Å². The SMILES string of the molecule is Cc1ccc(S[C@@H](C)C(=O)NCc2noc(C(N)=O)n2)cc1. The third-order valence-corrected chi connectivity index (χ3v) is 3.91. The van der Waals surface area contributed by atoms with E-state index >= 15 is 0 Å². The van der Waals surface area contributed by atoms with Gasteiger partial charge in [-0.05, 0) is 26.0 Å². The first-order valence-corrected chi connectivity index (χ1v) is 7.47. The lowest BCUT2D eigenvalue weighted by molar-refractivity contribution is -0.120. The number of carbonyl (C=O) groups excluding carboxylic acids is 2. The van der Waals surface area contributed by atoms with Crippen LogP contribution in [0.15, 0.2) is 33.7 Å². The van der Waals surface area contributed by atoms with E-state index in [-0.39, 0.29) is 29.4 Å². The quantitative estimate of drug-likeness (QED) is 0.775. The maximum atomic E-state index is 12.0. The summed E-state index contributed by atoms with van der Waals surface area (Å²) < 4.78 is 4.63. The number of nitrogens with one attached hydrogen (secondary N) is 1. The average molecular weight is 320 g/mol. The lowest BCUT2D eigenvalue weighted by atomic mass is 10.2. The monoisotopic (exact) mass is 320 g/mol. The average Bonchev–Trinajstić information content (AvgIpc) is 2.96. The minimum atomic E-state index is -0.798. The summed E-state index contributed by atoms with van der Waals surface area (Å²) in [6.07, 6.45) is 0. The molecule has 116 valence electrons. The number of nitrogens with two attached hydrogens (primary N) is 1. The molecule has 1 atom stereocenters. The number of primary amides is 1. The standard InChI is InChI=1S/C14H16N4O3S/c1-8-3-5-10(6-4-8)22-9(2)13(20)16-7-11-17-14(12(15)19)21-18-11/h3-6,9H,7H2,1-2H3,(H2,15,19)(H,16,20)/t9-/m0/s1. The summed E-state index contributed by atoms with van der Waals surface area (Å²) in [6.45, 7) is 3.90. The van der Waals surface area contributed by atoms with Crippen LogP contribution in [0.4, 0.5) is 0 Å². The summed E-state index contributed by atoms with van der Waals surface area (Å²) in [5.41, 5.74) is 6.17. The second-order valence-corrected chi connectivity index (χ2v) is 6.09. The van der Waals surface area contributed by atoms with Gasteiger partial charge in [0.25, 0.3) is 0 Å². The zero-order valence-electron chi connectivity index (χ0n) is 12.2. The number of hydrogen-bond acceptors (Lipinski definition) is 6. The van der Waals surface area contributed by atoms with Gasteiger partial charge in [-0.15, -0.1) is 11.8 Å². The maximum absolute atomic E-state index is 12.0. The number of hydrogen-bond donors (Lipinski definition) is 2. The van der Waals surface area contributed by atoms with Gasteiger partial charge in [0, 0.05) is 4.90 Å². The van der Waals surface area contributed by atoms with E-state index in [1.807, 2.05) is 38.1 Å². The minimum Gasteiger partial charge on any atom is -0.361 e. The van der Waals surface area contributed by atoms with Crippen molar-refractivity contribution >= 4 is 23.6 Å². The molecule has 0 saturated heterocycles. The third kappa shape index (κ3) is 4.32. The fraction of sp³-hybridized carbons (Fsp3) is 0.286. The van der Waals surface area contributed by atoms with Crippen molar-refractivity contribution in [2.45, 2.75) is 30.5 Å². The molecule has 0 aliphatic heterocycles. The number of thioether (sulfide) groups is 1. The third-order valence-electron chi connectivity index (χ3n) is 2.80. The van der Waals surface area contributed by atoms with E-state index in [1.54, 1.807) is 0 Å². The predicted octanol–water partition coefficient (Wildman–Crippen LogP) is 1.27.